The lowest BCUT2D eigenvalue weighted by molar-refractivity contribution is -0.134. The fourth-order valence-corrected chi connectivity index (χ4v) is 6.94. The van der Waals surface area contributed by atoms with Gasteiger partial charge in [0.1, 0.15) is 6.04 Å². The molecule has 36 heavy (non-hydrogen) atoms. The number of piperazine rings is 1. The second kappa shape index (κ2) is 12.8. The summed E-state index contributed by atoms with van der Waals surface area (Å²) in [5.41, 5.74) is 1.41. The number of carbonyl (C=O) groups is 3. The summed E-state index contributed by atoms with van der Waals surface area (Å²) in [7, 11) is -3.70. The molecule has 1 aliphatic heterocycles. The molecule has 2 aromatic rings. The van der Waals surface area contributed by atoms with E-state index < -0.39 is 31.5 Å². The van der Waals surface area contributed by atoms with Crippen LogP contribution in [0.1, 0.15) is 23.6 Å². The fraction of sp³-hybridized carbons (Fsp3) is 0.455. The Morgan fingerprint density at radius 2 is 1.69 bits per heavy atom. The van der Waals surface area contributed by atoms with Crippen molar-refractivity contribution >= 4 is 52.8 Å². The highest BCUT2D eigenvalue weighted by atomic mass is 79.9. The lowest BCUT2D eigenvalue weighted by Crippen LogP contribution is -2.56. The predicted octanol–water partition coefficient (Wildman–Crippen LogP) is 3.76. The first-order chi connectivity index (χ1) is 17.2. The highest BCUT2D eigenvalue weighted by molar-refractivity contribution is 9.11. The van der Waals surface area contributed by atoms with Crippen molar-refractivity contribution in [2.75, 3.05) is 45.6 Å². The van der Waals surface area contributed by atoms with Crippen molar-refractivity contribution in [1.29, 1.82) is 0 Å². The van der Waals surface area contributed by atoms with Crippen molar-refractivity contribution in [2.24, 2.45) is 0 Å². The molecule has 1 atom stereocenters. The molecule has 1 aliphatic rings. The van der Waals surface area contributed by atoms with E-state index in [1.54, 1.807) is 13.8 Å². The van der Waals surface area contributed by atoms with Crippen molar-refractivity contribution in [3.63, 3.8) is 0 Å². The number of halogens is 1. The average molecular weight is 603 g/mol. The van der Waals surface area contributed by atoms with E-state index in [2.05, 4.69) is 26.2 Å². The number of nitrogens with one attached hydrogen (secondary N) is 1. The van der Waals surface area contributed by atoms with Gasteiger partial charge in [0, 0.05) is 31.7 Å². The Hall–Kier alpha value is -2.31. The molecule has 1 aromatic carbocycles. The normalized spacial score (nSPS) is 15.0. The number of nitrogens with zero attached hydrogens (tertiary/aromatic N) is 3. The smallest absolute Gasteiger partial charge is 0.407 e. The summed E-state index contributed by atoms with van der Waals surface area (Å²) >= 11 is 4.56. The Balaban J connectivity index is 1.83. The molecule has 3 amide bonds. The van der Waals surface area contributed by atoms with Crippen molar-refractivity contribution < 1.29 is 33.1 Å². The maximum atomic E-state index is 13.4. The number of amides is 3. The van der Waals surface area contributed by atoms with Crippen LogP contribution in [0.4, 0.5) is 4.79 Å². The molecule has 3 rings (SSSR count). The number of hydrogen-bond acceptors (Lipinski definition) is 8. The van der Waals surface area contributed by atoms with E-state index in [1.165, 1.54) is 9.80 Å². The lowest BCUT2D eigenvalue weighted by Gasteiger charge is -2.35. The Bertz CT molecular complexity index is 1110. The number of carbonyl (C=O) groups excluding carboxylic acids is 2. The van der Waals surface area contributed by atoms with Gasteiger partial charge in [0.2, 0.25) is 5.91 Å². The summed E-state index contributed by atoms with van der Waals surface area (Å²) in [6.07, 6.45) is -1.43. The summed E-state index contributed by atoms with van der Waals surface area (Å²) in [6, 6.07) is 8.10. The largest absolute Gasteiger partial charge is 0.465 e. The molecule has 0 aliphatic carbocycles. The predicted molar refractivity (Wildman–Crippen MR) is 138 cm³/mol. The summed E-state index contributed by atoms with van der Waals surface area (Å²) in [4.78, 5) is 44.9. The first kappa shape index (κ1) is 28.3. The van der Waals surface area contributed by atoms with E-state index in [9.17, 15) is 24.1 Å². The third-order valence-corrected chi connectivity index (χ3v) is 9.17. The summed E-state index contributed by atoms with van der Waals surface area (Å²) < 4.78 is 24.6. The van der Waals surface area contributed by atoms with Crippen LogP contribution in [0.3, 0.4) is 0 Å². The zero-order valence-electron chi connectivity index (χ0n) is 19.9. The molecule has 0 saturated carbocycles. The van der Waals surface area contributed by atoms with Crippen molar-refractivity contribution in [3.05, 3.63) is 39.1 Å². The van der Waals surface area contributed by atoms with Crippen LogP contribution in [0.25, 0.3) is 11.3 Å². The first-order valence-corrected chi connectivity index (χ1v) is 14.7. The Labute approximate surface area is 221 Å². The summed E-state index contributed by atoms with van der Waals surface area (Å²) in [5, 5.41) is 12.0. The van der Waals surface area contributed by atoms with Gasteiger partial charge in [0.05, 0.1) is 28.9 Å². The van der Waals surface area contributed by atoms with Crippen LogP contribution >= 0.6 is 34.9 Å². The van der Waals surface area contributed by atoms with Crippen LogP contribution in [0, 0.1) is 0 Å². The second-order valence-corrected chi connectivity index (χ2v) is 12.2. The molecule has 11 nitrogen and oxygen atoms in total. The SMILES string of the molecule is CCOP(=O)(C[C@H](NC(=O)c1nc(-c2ccccc2)c(Br)s1)C(=O)N1CCN(C(=O)O)CC1)OCC. The molecule has 1 fully saturated rings. The minimum absolute atomic E-state index is 0.100. The number of benzene rings is 1. The van der Waals surface area contributed by atoms with Crippen LogP contribution in [0.5, 0.6) is 0 Å². The van der Waals surface area contributed by atoms with E-state index in [0.29, 0.717) is 9.48 Å². The van der Waals surface area contributed by atoms with E-state index in [1.807, 2.05) is 30.3 Å². The molecular formula is C22H28BrN4O7PS. The highest BCUT2D eigenvalue weighted by Gasteiger charge is 2.37. The first-order valence-electron chi connectivity index (χ1n) is 11.3. The maximum absolute atomic E-state index is 13.4. The maximum Gasteiger partial charge on any atom is 0.407 e. The highest BCUT2D eigenvalue weighted by Crippen LogP contribution is 2.48. The van der Waals surface area contributed by atoms with Gasteiger partial charge >= 0.3 is 13.7 Å². The van der Waals surface area contributed by atoms with Gasteiger partial charge in [0.25, 0.3) is 5.91 Å². The van der Waals surface area contributed by atoms with Gasteiger partial charge in [-0.25, -0.2) is 9.78 Å². The van der Waals surface area contributed by atoms with Gasteiger partial charge < -0.3 is 29.3 Å². The Morgan fingerprint density at radius 3 is 2.25 bits per heavy atom. The second-order valence-electron chi connectivity index (χ2n) is 7.76. The monoisotopic (exact) mass is 602 g/mol. The molecule has 14 heteroatoms. The van der Waals surface area contributed by atoms with Crippen LogP contribution < -0.4 is 5.32 Å². The molecule has 1 aromatic heterocycles. The number of thiazole rings is 1. The number of rotatable bonds is 10. The molecule has 2 heterocycles. The number of aromatic nitrogens is 1. The van der Waals surface area contributed by atoms with Gasteiger partial charge in [-0.1, -0.05) is 30.3 Å². The van der Waals surface area contributed by atoms with Gasteiger partial charge in [-0.2, -0.15) is 0 Å². The minimum Gasteiger partial charge on any atom is -0.465 e. The van der Waals surface area contributed by atoms with E-state index in [4.69, 9.17) is 9.05 Å². The number of carboxylic acid groups (broad SMARTS) is 1. The van der Waals surface area contributed by atoms with Gasteiger partial charge in [-0.05, 0) is 29.8 Å². The standard InChI is InChI=1S/C22H28BrN4O7PS/c1-3-33-35(32,34-4-2)14-16(21(29)26-10-12-27(13-11-26)22(30)31)24-19(28)20-25-17(18(23)36-20)15-8-6-5-7-9-15/h5-9,16H,3-4,10-14H2,1-2H3,(H,24,28)(H,30,31)/t16-/m0/s1. The fourth-order valence-electron chi connectivity index (χ4n) is 3.68. The minimum atomic E-state index is -3.70. The van der Waals surface area contributed by atoms with Crippen molar-refractivity contribution in [2.45, 2.75) is 19.9 Å². The lowest BCUT2D eigenvalue weighted by atomic mass is 10.2. The molecular weight excluding hydrogens is 575 g/mol. The average Bonchev–Trinajstić information content (AvgIpc) is 3.25. The van der Waals surface area contributed by atoms with Crippen molar-refractivity contribution in [1.82, 2.24) is 20.1 Å². The summed E-state index contributed by atoms with van der Waals surface area (Å²) in [5.74, 6) is -1.10. The van der Waals surface area contributed by atoms with Crippen LogP contribution in [-0.2, 0) is 18.4 Å². The Morgan fingerprint density at radius 1 is 1.11 bits per heavy atom. The molecule has 0 unspecified atom stereocenters. The van der Waals surface area contributed by atoms with Crippen LogP contribution in [-0.4, -0.2) is 89.4 Å². The van der Waals surface area contributed by atoms with E-state index in [-0.39, 0.29) is 50.6 Å². The zero-order valence-corrected chi connectivity index (χ0v) is 23.2. The van der Waals surface area contributed by atoms with Gasteiger partial charge in [-0.15, -0.1) is 11.3 Å². The Kier molecular flexibility index (Phi) is 10.0. The zero-order chi connectivity index (χ0) is 26.3. The molecule has 196 valence electrons. The quantitative estimate of drug-likeness (QED) is 0.392. The third-order valence-electron chi connectivity index (χ3n) is 5.35. The molecule has 2 N–H and O–H groups in total. The topological polar surface area (TPSA) is 138 Å². The molecule has 0 spiro atoms. The van der Waals surface area contributed by atoms with E-state index in [0.717, 1.165) is 16.9 Å². The van der Waals surface area contributed by atoms with Gasteiger partial charge in [0.15, 0.2) is 5.01 Å². The van der Waals surface area contributed by atoms with E-state index >= 15 is 0 Å². The van der Waals surface area contributed by atoms with Gasteiger partial charge in [-0.3, -0.25) is 14.2 Å². The third kappa shape index (κ3) is 7.13. The van der Waals surface area contributed by atoms with Crippen molar-refractivity contribution in [3.8, 4) is 11.3 Å². The summed E-state index contributed by atoms with van der Waals surface area (Å²) in [6.45, 7) is 4.08. The van der Waals surface area contributed by atoms with Crippen LogP contribution in [0.2, 0.25) is 0 Å². The number of hydrogen-bond donors (Lipinski definition) is 2. The van der Waals surface area contributed by atoms with Crippen LogP contribution in [0.15, 0.2) is 34.1 Å². The molecule has 0 bridgehead atoms. The molecule has 1 saturated heterocycles. The molecule has 0 radical (unpaired) electrons.